The number of hydrogen-bond donors (Lipinski definition) is 2. The lowest BCUT2D eigenvalue weighted by Crippen LogP contribution is -2.13. The molecular weight excluding hydrogens is 300 g/mol. The smallest absolute Gasteiger partial charge is 0.335 e. The Bertz CT molecular complexity index is 814. The van der Waals surface area contributed by atoms with Gasteiger partial charge < -0.3 is 10.4 Å². The Hall–Kier alpha value is -3.22. The second-order valence-corrected chi connectivity index (χ2v) is 5.05. The first-order chi connectivity index (χ1) is 10.8. The minimum absolute atomic E-state index is 0.0523. The van der Waals surface area contributed by atoms with Gasteiger partial charge in [0.15, 0.2) is 0 Å². The van der Waals surface area contributed by atoms with Gasteiger partial charge in [0.05, 0.1) is 10.5 Å². The maximum atomic E-state index is 12.2. The zero-order valence-corrected chi connectivity index (χ0v) is 12.5. The van der Waals surface area contributed by atoms with Gasteiger partial charge >= 0.3 is 5.97 Å². The number of anilines is 1. The highest BCUT2D eigenvalue weighted by molar-refractivity contribution is 6.05. The van der Waals surface area contributed by atoms with Crippen molar-refractivity contribution in [3.05, 3.63) is 68.8 Å². The highest BCUT2D eigenvalue weighted by Gasteiger charge is 2.15. The Labute approximate surface area is 131 Å². The van der Waals surface area contributed by atoms with Gasteiger partial charge in [-0.15, -0.1) is 0 Å². The number of rotatable bonds is 4. The number of nitro benzene ring substituents is 1. The molecule has 0 fully saturated rings. The van der Waals surface area contributed by atoms with E-state index in [0.29, 0.717) is 16.8 Å². The third-order valence-corrected chi connectivity index (χ3v) is 3.38. The summed E-state index contributed by atoms with van der Waals surface area (Å²) in [4.78, 5) is 33.4. The second-order valence-electron chi connectivity index (χ2n) is 5.05. The molecule has 7 nitrogen and oxygen atoms in total. The average Bonchev–Trinajstić information content (AvgIpc) is 2.48. The van der Waals surface area contributed by atoms with E-state index in [9.17, 15) is 19.7 Å². The van der Waals surface area contributed by atoms with Gasteiger partial charge in [-0.1, -0.05) is 0 Å². The van der Waals surface area contributed by atoms with Crippen LogP contribution in [0.25, 0.3) is 0 Å². The van der Waals surface area contributed by atoms with Gasteiger partial charge in [-0.05, 0) is 49.7 Å². The fourth-order valence-electron chi connectivity index (χ4n) is 2.13. The molecular formula is C16H14N2O5. The monoisotopic (exact) mass is 314 g/mol. The summed E-state index contributed by atoms with van der Waals surface area (Å²) in [5.74, 6) is -1.47. The predicted molar refractivity (Wildman–Crippen MR) is 83.9 cm³/mol. The molecule has 0 saturated carbocycles. The molecule has 0 bridgehead atoms. The van der Waals surface area contributed by atoms with Crippen molar-refractivity contribution >= 4 is 23.3 Å². The number of carbonyl (C=O) groups excluding carboxylic acids is 1. The molecule has 0 saturated heterocycles. The Morgan fingerprint density at radius 1 is 1.04 bits per heavy atom. The van der Waals surface area contributed by atoms with Crippen molar-refractivity contribution in [2.24, 2.45) is 0 Å². The minimum Gasteiger partial charge on any atom is -0.478 e. The van der Waals surface area contributed by atoms with Crippen molar-refractivity contribution in [1.29, 1.82) is 0 Å². The van der Waals surface area contributed by atoms with Gasteiger partial charge in [-0.25, -0.2) is 4.79 Å². The normalized spacial score (nSPS) is 10.2. The number of nitrogens with zero attached hydrogens (tertiary/aromatic N) is 1. The molecule has 0 aliphatic heterocycles. The molecule has 7 heteroatoms. The van der Waals surface area contributed by atoms with E-state index in [1.807, 2.05) is 0 Å². The standard InChI is InChI=1S/C16H14N2O5/c1-9-7-12(16(20)21)3-5-13(9)17-15(19)11-4-6-14(18(22)23)10(2)8-11/h3-8H,1-2H3,(H,17,19)(H,20,21). The molecule has 23 heavy (non-hydrogen) atoms. The first kappa shape index (κ1) is 16.2. The number of nitro groups is 1. The molecule has 0 aromatic heterocycles. The van der Waals surface area contributed by atoms with Gasteiger partial charge in [0.25, 0.3) is 11.6 Å². The van der Waals surface area contributed by atoms with E-state index < -0.39 is 16.8 Å². The number of amides is 1. The van der Waals surface area contributed by atoms with E-state index in [-0.39, 0.29) is 16.8 Å². The molecule has 2 N–H and O–H groups in total. The van der Waals surface area contributed by atoms with Crippen LogP contribution in [0, 0.1) is 24.0 Å². The number of carboxylic acids is 1. The number of benzene rings is 2. The van der Waals surface area contributed by atoms with E-state index in [0.717, 1.165) is 0 Å². The zero-order chi connectivity index (χ0) is 17.1. The van der Waals surface area contributed by atoms with E-state index in [1.165, 1.54) is 36.4 Å². The average molecular weight is 314 g/mol. The van der Waals surface area contributed by atoms with E-state index in [2.05, 4.69) is 5.32 Å². The lowest BCUT2D eigenvalue weighted by molar-refractivity contribution is -0.385. The Kier molecular flexibility index (Phi) is 4.40. The molecule has 0 spiro atoms. The highest BCUT2D eigenvalue weighted by atomic mass is 16.6. The van der Waals surface area contributed by atoms with Crippen molar-refractivity contribution in [2.45, 2.75) is 13.8 Å². The number of aromatic carboxylic acids is 1. The molecule has 1 amide bonds. The fourth-order valence-corrected chi connectivity index (χ4v) is 2.13. The summed E-state index contributed by atoms with van der Waals surface area (Å²) in [6.07, 6.45) is 0. The molecule has 118 valence electrons. The van der Waals surface area contributed by atoms with Gasteiger partial charge in [0.1, 0.15) is 0 Å². The Morgan fingerprint density at radius 3 is 2.17 bits per heavy atom. The number of hydrogen-bond acceptors (Lipinski definition) is 4. The van der Waals surface area contributed by atoms with Crippen LogP contribution in [0.3, 0.4) is 0 Å². The van der Waals surface area contributed by atoms with E-state index in [4.69, 9.17) is 5.11 Å². The van der Waals surface area contributed by atoms with Crippen molar-refractivity contribution in [2.75, 3.05) is 5.32 Å². The van der Waals surface area contributed by atoms with Crippen molar-refractivity contribution in [3.8, 4) is 0 Å². The largest absolute Gasteiger partial charge is 0.478 e. The second kappa shape index (κ2) is 6.27. The Morgan fingerprint density at radius 2 is 1.65 bits per heavy atom. The predicted octanol–water partition coefficient (Wildman–Crippen LogP) is 3.16. The van der Waals surface area contributed by atoms with Crippen LogP contribution in [0.15, 0.2) is 36.4 Å². The summed E-state index contributed by atoms with van der Waals surface area (Å²) in [7, 11) is 0. The maximum absolute atomic E-state index is 12.2. The number of carbonyl (C=O) groups is 2. The summed E-state index contributed by atoms with van der Waals surface area (Å²) in [5, 5.41) is 22.4. The van der Waals surface area contributed by atoms with Crippen LogP contribution in [-0.2, 0) is 0 Å². The van der Waals surface area contributed by atoms with Crippen molar-refractivity contribution < 1.29 is 19.6 Å². The lowest BCUT2D eigenvalue weighted by atomic mass is 10.1. The maximum Gasteiger partial charge on any atom is 0.335 e. The van der Waals surface area contributed by atoms with Crippen molar-refractivity contribution in [3.63, 3.8) is 0 Å². The Balaban J connectivity index is 2.24. The molecule has 2 aromatic rings. The van der Waals surface area contributed by atoms with Crippen LogP contribution in [0.2, 0.25) is 0 Å². The molecule has 0 heterocycles. The van der Waals surface area contributed by atoms with Crippen LogP contribution >= 0.6 is 0 Å². The third-order valence-electron chi connectivity index (χ3n) is 3.38. The SMILES string of the molecule is Cc1cc(C(=O)O)ccc1NC(=O)c1ccc([N+](=O)[O-])c(C)c1. The van der Waals surface area contributed by atoms with Gasteiger partial charge in [-0.3, -0.25) is 14.9 Å². The minimum atomic E-state index is -1.04. The number of nitrogens with one attached hydrogen (secondary N) is 1. The third kappa shape index (κ3) is 3.52. The molecule has 2 rings (SSSR count). The lowest BCUT2D eigenvalue weighted by Gasteiger charge is -2.09. The number of aryl methyl sites for hydroxylation is 2. The van der Waals surface area contributed by atoms with Gasteiger partial charge in [0, 0.05) is 22.9 Å². The molecule has 2 aromatic carbocycles. The summed E-state index contributed by atoms with van der Waals surface area (Å²) in [5.41, 5.74) is 1.85. The number of carboxylic acid groups (broad SMARTS) is 1. The van der Waals surface area contributed by atoms with Crippen LogP contribution in [-0.4, -0.2) is 21.9 Å². The topological polar surface area (TPSA) is 110 Å². The van der Waals surface area contributed by atoms with Crippen LogP contribution in [0.4, 0.5) is 11.4 Å². The van der Waals surface area contributed by atoms with E-state index in [1.54, 1.807) is 13.8 Å². The molecule has 0 atom stereocenters. The summed E-state index contributed by atoms with van der Waals surface area (Å²) < 4.78 is 0. The van der Waals surface area contributed by atoms with Gasteiger partial charge in [-0.2, -0.15) is 0 Å². The summed E-state index contributed by atoms with van der Waals surface area (Å²) >= 11 is 0. The molecule has 0 aliphatic rings. The quantitative estimate of drug-likeness (QED) is 0.665. The van der Waals surface area contributed by atoms with Crippen LogP contribution in [0.5, 0.6) is 0 Å². The molecule has 0 unspecified atom stereocenters. The zero-order valence-electron chi connectivity index (χ0n) is 12.5. The first-order valence-electron chi connectivity index (χ1n) is 6.70. The highest BCUT2D eigenvalue weighted by Crippen LogP contribution is 2.21. The molecule has 0 radical (unpaired) electrons. The first-order valence-corrected chi connectivity index (χ1v) is 6.70. The van der Waals surface area contributed by atoms with Crippen LogP contribution in [0.1, 0.15) is 31.8 Å². The van der Waals surface area contributed by atoms with Crippen LogP contribution < -0.4 is 5.32 Å². The summed E-state index contributed by atoms with van der Waals surface area (Å²) in [6, 6.07) is 8.46. The van der Waals surface area contributed by atoms with E-state index >= 15 is 0 Å². The fraction of sp³-hybridized carbons (Fsp3) is 0.125. The molecule has 0 aliphatic carbocycles. The summed E-state index contributed by atoms with van der Waals surface area (Å²) in [6.45, 7) is 3.24. The van der Waals surface area contributed by atoms with Gasteiger partial charge in [0.2, 0.25) is 0 Å². The van der Waals surface area contributed by atoms with Crippen molar-refractivity contribution in [1.82, 2.24) is 0 Å².